The second-order valence-corrected chi connectivity index (χ2v) is 5.83. The van der Waals surface area contributed by atoms with E-state index in [4.69, 9.17) is 0 Å². The Morgan fingerprint density at radius 3 is 2.64 bits per heavy atom. The number of amides is 1. The van der Waals surface area contributed by atoms with Crippen LogP contribution in [0.15, 0.2) is 53.6 Å². The van der Waals surface area contributed by atoms with Crippen molar-refractivity contribution < 1.29 is 22.4 Å². The number of hydrogen-bond acceptors (Lipinski definition) is 2. The van der Waals surface area contributed by atoms with Crippen LogP contribution in [0, 0.1) is 11.7 Å². The molecule has 0 aliphatic heterocycles. The minimum Gasteiger partial charge on any atom is -0.273 e. The van der Waals surface area contributed by atoms with Gasteiger partial charge in [0.25, 0.3) is 0 Å². The summed E-state index contributed by atoms with van der Waals surface area (Å²) in [6.07, 6.45) is -2.77. The van der Waals surface area contributed by atoms with Crippen molar-refractivity contribution in [1.82, 2.24) is 5.43 Å². The molecule has 0 aromatic heterocycles. The molecule has 0 radical (unpaired) electrons. The maximum atomic E-state index is 13.7. The smallest absolute Gasteiger partial charge is 0.273 e. The molecule has 3 rings (SSSR count). The number of alkyl halides is 3. The van der Waals surface area contributed by atoms with Gasteiger partial charge in [-0.3, -0.25) is 4.79 Å². The molecule has 2 aromatic rings. The molecule has 0 bridgehead atoms. The van der Waals surface area contributed by atoms with E-state index in [-0.39, 0.29) is 29.1 Å². The lowest BCUT2D eigenvalue weighted by atomic mass is 10.1. The Labute approximate surface area is 141 Å². The normalized spacial score (nSPS) is 19.8. The van der Waals surface area contributed by atoms with E-state index in [9.17, 15) is 22.4 Å². The first kappa shape index (κ1) is 17.1. The summed E-state index contributed by atoms with van der Waals surface area (Å²) in [6, 6.07) is 10.9. The average Bonchev–Trinajstić information content (AvgIpc) is 3.35. The van der Waals surface area contributed by atoms with Gasteiger partial charge in [-0.2, -0.15) is 18.3 Å². The first-order valence-electron chi connectivity index (χ1n) is 7.61. The van der Waals surface area contributed by atoms with Crippen molar-refractivity contribution >= 4 is 12.1 Å². The van der Waals surface area contributed by atoms with Gasteiger partial charge in [0, 0.05) is 5.92 Å². The summed E-state index contributed by atoms with van der Waals surface area (Å²) >= 11 is 0. The molecule has 2 unspecified atom stereocenters. The number of halogens is 4. The van der Waals surface area contributed by atoms with E-state index in [1.807, 2.05) is 0 Å². The molecule has 1 saturated carbocycles. The maximum absolute atomic E-state index is 13.7. The third kappa shape index (κ3) is 4.04. The predicted octanol–water partition coefficient (Wildman–Crippen LogP) is 4.10. The van der Waals surface area contributed by atoms with Gasteiger partial charge in [-0.1, -0.05) is 30.3 Å². The SMILES string of the molecule is O=C(N/N=C/c1cccc(C(F)(F)F)c1)C1CC1c1ccccc1F. The van der Waals surface area contributed by atoms with E-state index in [2.05, 4.69) is 10.5 Å². The van der Waals surface area contributed by atoms with Gasteiger partial charge in [-0.15, -0.1) is 0 Å². The molecule has 0 heterocycles. The van der Waals surface area contributed by atoms with Gasteiger partial charge in [-0.25, -0.2) is 9.82 Å². The molecule has 1 aliphatic carbocycles. The van der Waals surface area contributed by atoms with E-state index in [1.165, 1.54) is 18.2 Å². The number of rotatable bonds is 4. The molecule has 0 saturated heterocycles. The third-order valence-corrected chi connectivity index (χ3v) is 4.03. The van der Waals surface area contributed by atoms with Crippen molar-refractivity contribution in [3.63, 3.8) is 0 Å². The molecule has 25 heavy (non-hydrogen) atoms. The van der Waals surface area contributed by atoms with Crippen LogP contribution < -0.4 is 5.43 Å². The molecule has 1 amide bonds. The second-order valence-electron chi connectivity index (χ2n) is 5.83. The van der Waals surface area contributed by atoms with Gasteiger partial charge in [0.1, 0.15) is 5.82 Å². The molecule has 1 fully saturated rings. The van der Waals surface area contributed by atoms with E-state index in [0.29, 0.717) is 12.0 Å². The van der Waals surface area contributed by atoms with Gasteiger partial charge in [-0.05, 0) is 41.7 Å². The fourth-order valence-corrected chi connectivity index (χ4v) is 2.65. The molecule has 2 atom stereocenters. The molecule has 7 heteroatoms. The van der Waals surface area contributed by atoms with Crippen molar-refractivity contribution in [2.75, 3.05) is 0 Å². The van der Waals surface area contributed by atoms with Gasteiger partial charge < -0.3 is 0 Å². The number of nitrogens with zero attached hydrogens (tertiary/aromatic N) is 1. The molecule has 2 aromatic carbocycles. The monoisotopic (exact) mass is 350 g/mol. The van der Waals surface area contributed by atoms with Crippen molar-refractivity contribution in [3.05, 3.63) is 71.0 Å². The quantitative estimate of drug-likeness (QED) is 0.503. The minimum absolute atomic E-state index is 0.190. The van der Waals surface area contributed by atoms with Crippen molar-refractivity contribution in [2.45, 2.75) is 18.5 Å². The molecule has 130 valence electrons. The highest BCUT2D eigenvalue weighted by Crippen LogP contribution is 2.48. The van der Waals surface area contributed by atoms with Crippen LogP contribution >= 0.6 is 0 Å². The zero-order valence-electron chi connectivity index (χ0n) is 12.9. The van der Waals surface area contributed by atoms with Gasteiger partial charge >= 0.3 is 6.18 Å². The zero-order valence-corrected chi connectivity index (χ0v) is 12.9. The number of nitrogens with one attached hydrogen (secondary N) is 1. The standard InChI is InChI=1S/C18H14F4N2O/c19-16-7-2-1-6-13(16)14-9-15(14)17(25)24-23-10-11-4-3-5-12(8-11)18(20,21)22/h1-8,10,14-15H,9H2,(H,24,25)/b23-10+. The summed E-state index contributed by atoms with van der Waals surface area (Å²) in [5, 5.41) is 3.69. The van der Waals surface area contributed by atoms with Crippen LogP contribution in [0.5, 0.6) is 0 Å². The molecule has 0 spiro atoms. The summed E-state index contributed by atoms with van der Waals surface area (Å²) < 4.78 is 51.5. The van der Waals surface area contributed by atoms with Crippen LogP contribution in [-0.2, 0) is 11.0 Å². The molecular weight excluding hydrogens is 336 g/mol. The fraction of sp³-hybridized carbons (Fsp3) is 0.222. The predicted molar refractivity (Wildman–Crippen MR) is 84.4 cm³/mol. The van der Waals surface area contributed by atoms with Gasteiger partial charge in [0.2, 0.25) is 5.91 Å². The summed E-state index contributed by atoms with van der Waals surface area (Å²) in [5.74, 6) is -1.30. The number of carbonyl (C=O) groups is 1. The lowest BCUT2D eigenvalue weighted by Gasteiger charge is -2.06. The molecule has 3 nitrogen and oxygen atoms in total. The van der Waals surface area contributed by atoms with Crippen LogP contribution in [0.3, 0.4) is 0 Å². The van der Waals surface area contributed by atoms with Crippen molar-refractivity contribution in [1.29, 1.82) is 0 Å². The summed E-state index contributed by atoms with van der Waals surface area (Å²) in [7, 11) is 0. The summed E-state index contributed by atoms with van der Waals surface area (Å²) in [6.45, 7) is 0. The molecule has 1 N–H and O–H groups in total. The zero-order chi connectivity index (χ0) is 18.0. The van der Waals surface area contributed by atoms with Crippen molar-refractivity contribution in [2.24, 2.45) is 11.0 Å². The van der Waals surface area contributed by atoms with Gasteiger partial charge in [0.15, 0.2) is 0 Å². The van der Waals surface area contributed by atoms with E-state index in [1.54, 1.807) is 18.2 Å². The van der Waals surface area contributed by atoms with Crippen LogP contribution in [0.4, 0.5) is 17.6 Å². The topological polar surface area (TPSA) is 41.5 Å². The van der Waals surface area contributed by atoms with E-state index >= 15 is 0 Å². The number of benzene rings is 2. The largest absolute Gasteiger partial charge is 0.416 e. The lowest BCUT2D eigenvalue weighted by Crippen LogP contribution is -2.20. The summed E-state index contributed by atoms with van der Waals surface area (Å²) in [5.41, 5.74) is 2.22. The highest BCUT2D eigenvalue weighted by molar-refractivity contribution is 5.85. The summed E-state index contributed by atoms with van der Waals surface area (Å²) in [4.78, 5) is 12.0. The van der Waals surface area contributed by atoms with Crippen LogP contribution in [0.2, 0.25) is 0 Å². The highest BCUT2D eigenvalue weighted by Gasteiger charge is 2.45. The third-order valence-electron chi connectivity index (χ3n) is 4.03. The first-order valence-corrected chi connectivity index (χ1v) is 7.61. The first-order chi connectivity index (χ1) is 11.9. The Bertz CT molecular complexity index is 817. The number of carbonyl (C=O) groups excluding carboxylic acids is 1. The Balaban J connectivity index is 1.59. The lowest BCUT2D eigenvalue weighted by molar-refractivity contribution is -0.137. The Morgan fingerprint density at radius 1 is 1.16 bits per heavy atom. The van der Waals surface area contributed by atoms with Crippen LogP contribution in [0.25, 0.3) is 0 Å². The average molecular weight is 350 g/mol. The molecular formula is C18H14F4N2O. The minimum atomic E-state index is -4.44. The Kier molecular flexibility index (Phi) is 4.57. The second kappa shape index (κ2) is 6.66. The highest BCUT2D eigenvalue weighted by atomic mass is 19.4. The van der Waals surface area contributed by atoms with Gasteiger partial charge in [0.05, 0.1) is 11.8 Å². The molecule has 1 aliphatic rings. The van der Waals surface area contributed by atoms with E-state index in [0.717, 1.165) is 18.3 Å². The maximum Gasteiger partial charge on any atom is 0.416 e. The van der Waals surface area contributed by atoms with Crippen molar-refractivity contribution in [3.8, 4) is 0 Å². The Hall–Kier alpha value is -2.70. The number of hydrazone groups is 1. The fourth-order valence-electron chi connectivity index (χ4n) is 2.65. The van der Waals surface area contributed by atoms with E-state index < -0.39 is 11.7 Å². The van der Waals surface area contributed by atoms with Crippen LogP contribution in [0.1, 0.15) is 29.0 Å². The Morgan fingerprint density at radius 2 is 1.92 bits per heavy atom. The van der Waals surface area contributed by atoms with Crippen LogP contribution in [-0.4, -0.2) is 12.1 Å². The number of hydrogen-bond donors (Lipinski definition) is 1.